The highest BCUT2D eigenvalue weighted by Gasteiger charge is 2.08. The highest BCUT2D eigenvalue weighted by atomic mass is 79.9. The summed E-state index contributed by atoms with van der Waals surface area (Å²) in [6.45, 7) is 0.634. The second kappa shape index (κ2) is 9.30. The minimum Gasteiger partial charge on any atom is -0.490 e. The van der Waals surface area contributed by atoms with E-state index >= 15 is 0 Å². The van der Waals surface area contributed by atoms with Crippen LogP contribution in [0.4, 0.5) is 0 Å². The molecule has 0 aliphatic rings. The van der Waals surface area contributed by atoms with Crippen molar-refractivity contribution in [3.8, 4) is 5.75 Å². The van der Waals surface area contributed by atoms with Crippen LogP contribution >= 0.6 is 50.7 Å². The van der Waals surface area contributed by atoms with E-state index in [9.17, 15) is 0 Å². The third-order valence-electron chi connectivity index (χ3n) is 2.49. The van der Waals surface area contributed by atoms with Gasteiger partial charge in [-0.2, -0.15) is 0 Å². The molecule has 0 aliphatic heterocycles. The van der Waals surface area contributed by atoms with E-state index in [0.29, 0.717) is 27.4 Å². The maximum atomic E-state index is 6.02. The van der Waals surface area contributed by atoms with E-state index in [1.165, 1.54) is 19.3 Å². The highest BCUT2D eigenvalue weighted by molar-refractivity contribution is 9.09. The number of unbranched alkanes of at least 4 members (excludes halogenated alkanes) is 4. The van der Waals surface area contributed by atoms with Crippen LogP contribution in [0.2, 0.25) is 15.1 Å². The van der Waals surface area contributed by atoms with Crippen molar-refractivity contribution < 1.29 is 4.74 Å². The number of hydrogen-bond acceptors (Lipinski definition) is 1. The lowest BCUT2D eigenvalue weighted by Crippen LogP contribution is -1.98. The van der Waals surface area contributed by atoms with Crippen LogP contribution in [0.3, 0.4) is 0 Å². The van der Waals surface area contributed by atoms with E-state index in [2.05, 4.69) is 15.9 Å². The van der Waals surface area contributed by atoms with Crippen molar-refractivity contribution in [3.63, 3.8) is 0 Å². The smallest absolute Gasteiger partial charge is 0.156 e. The number of rotatable bonds is 8. The first-order valence-corrected chi connectivity index (χ1v) is 8.24. The topological polar surface area (TPSA) is 9.23 Å². The van der Waals surface area contributed by atoms with Crippen molar-refractivity contribution in [1.29, 1.82) is 0 Å². The zero-order chi connectivity index (χ0) is 13.4. The van der Waals surface area contributed by atoms with E-state index in [0.717, 1.165) is 18.2 Å². The molecule has 0 spiro atoms. The van der Waals surface area contributed by atoms with Crippen LogP contribution in [0.5, 0.6) is 5.75 Å². The van der Waals surface area contributed by atoms with Gasteiger partial charge in [0.15, 0.2) is 5.75 Å². The van der Waals surface area contributed by atoms with Crippen molar-refractivity contribution in [2.75, 3.05) is 11.9 Å². The second-order valence-corrected chi connectivity index (χ2v) is 6.05. The van der Waals surface area contributed by atoms with Gasteiger partial charge in [0.05, 0.1) is 16.7 Å². The Hall–Kier alpha value is 0.370. The Labute approximate surface area is 132 Å². The van der Waals surface area contributed by atoms with E-state index in [4.69, 9.17) is 39.5 Å². The van der Waals surface area contributed by atoms with Gasteiger partial charge >= 0.3 is 0 Å². The molecular weight excluding hydrogens is 358 g/mol. The maximum Gasteiger partial charge on any atom is 0.156 e. The Morgan fingerprint density at radius 3 is 2.06 bits per heavy atom. The van der Waals surface area contributed by atoms with Crippen LogP contribution < -0.4 is 4.74 Å². The summed E-state index contributed by atoms with van der Waals surface area (Å²) in [6, 6.07) is 3.28. The molecule has 0 saturated heterocycles. The number of benzene rings is 1. The Kier molecular flexibility index (Phi) is 8.49. The molecule has 5 heteroatoms. The van der Waals surface area contributed by atoms with Crippen molar-refractivity contribution in [2.45, 2.75) is 32.1 Å². The predicted octanol–water partition coefficient (Wildman–Crippen LogP) is 6.37. The summed E-state index contributed by atoms with van der Waals surface area (Å²) in [4.78, 5) is 0. The van der Waals surface area contributed by atoms with Gasteiger partial charge in [0.25, 0.3) is 0 Å². The molecule has 0 bridgehead atoms. The zero-order valence-electron chi connectivity index (χ0n) is 10.0. The molecule has 0 aromatic heterocycles. The summed E-state index contributed by atoms with van der Waals surface area (Å²) in [5.74, 6) is 0.531. The highest BCUT2D eigenvalue weighted by Crippen LogP contribution is 2.35. The largest absolute Gasteiger partial charge is 0.490 e. The minimum absolute atomic E-state index is 0.465. The van der Waals surface area contributed by atoms with Gasteiger partial charge in [-0.3, -0.25) is 0 Å². The molecule has 0 amide bonds. The average Bonchev–Trinajstić information content (AvgIpc) is 2.30. The Balaban J connectivity index is 2.27. The fourth-order valence-electron chi connectivity index (χ4n) is 1.57. The van der Waals surface area contributed by atoms with Gasteiger partial charge in [-0.25, -0.2) is 0 Å². The number of ether oxygens (including phenoxy) is 1. The Morgan fingerprint density at radius 1 is 0.889 bits per heavy atom. The molecular formula is C13H16BrCl3O. The molecule has 0 saturated carbocycles. The predicted molar refractivity (Wildman–Crippen MR) is 83.8 cm³/mol. The Morgan fingerprint density at radius 2 is 1.44 bits per heavy atom. The third-order valence-corrected chi connectivity index (χ3v) is 3.83. The lowest BCUT2D eigenvalue weighted by Gasteiger charge is -2.10. The summed E-state index contributed by atoms with van der Waals surface area (Å²) in [5.41, 5.74) is 0. The molecule has 0 aliphatic carbocycles. The molecule has 1 aromatic carbocycles. The van der Waals surface area contributed by atoms with Crippen molar-refractivity contribution in [3.05, 3.63) is 27.2 Å². The maximum absolute atomic E-state index is 6.02. The minimum atomic E-state index is 0.465. The molecule has 0 radical (unpaired) electrons. The summed E-state index contributed by atoms with van der Waals surface area (Å²) < 4.78 is 5.60. The number of halogens is 4. The van der Waals surface area contributed by atoms with E-state index in [1.54, 1.807) is 12.1 Å². The van der Waals surface area contributed by atoms with Gasteiger partial charge in [0, 0.05) is 10.4 Å². The first-order chi connectivity index (χ1) is 8.65. The fourth-order valence-corrected chi connectivity index (χ4v) is 2.89. The van der Waals surface area contributed by atoms with Crippen molar-refractivity contribution in [1.82, 2.24) is 0 Å². The molecule has 0 unspecified atom stereocenters. The molecule has 0 N–H and O–H groups in total. The van der Waals surface area contributed by atoms with Crippen LogP contribution in [0.15, 0.2) is 12.1 Å². The third kappa shape index (κ3) is 6.01. The normalized spacial score (nSPS) is 10.7. The van der Waals surface area contributed by atoms with Gasteiger partial charge in [0.2, 0.25) is 0 Å². The average molecular weight is 375 g/mol. The van der Waals surface area contributed by atoms with Gasteiger partial charge in [0.1, 0.15) is 0 Å². The number of hydrogen-bond donors (Lipinski definition) is 0. The SMILES string of the molecule is Clc1cc(Cl)c(OCCCCCCCBr)c(Cl)c1. The van der Waals surface area contributed by atoms with Crippen molar-refractivity contribution in [2.24, 2.45) is 0 Å². The lowest BCUT2D eigenvalue weighted by atomic mass is 10.2. The quantitative estimate of drug-likeness (QED) is 0.379. The first kappa shape index (κ1) is 16.4. The van der Waals surface area contributed by atoms with Crippen LogP contribution in [0, 0.1) is 0 Å². The number of alkyl halides is 1. The molecule has 0 heterocycles. The lowest BCUT2D eigenvalue weighted by molar-refractivity contribution is 0.305. The molecule has 18 heavy (non-hydrogen) atoms. The van der Waals surface area contributed by atoms with E-state index in [1.807, 2.05) is 0 Å². The van der Waals surface area contributed by atoms with Crippen molar-refractivity contribution >= 4 is 50.7 Å². The van der Waals surface area contributed by atoms with Crippen LogP contribution in [-0.2, 0) is 0 Å². The molecule has 1 nitrogen and oxygen atoms in total. The molecule has 102 valence electrons. The Bertz CT molecular complexity index is 348. The van der Waals surface area contributed by atoms with Gasteiger partial charge in [-0.15, -0.1) is 0 Å². The standard InChI is InChI=1S/C13H16BrCl3O/c14-6-4-2-1-3-5-7-18-13-11(16)8-10(15)9-12(13)17/h8-9H,1-7H2. The zero-order valence-corrected chi connectivity index (χ0v) is 13.9. The summed E-state index contributed by atoms with van der Waals surface area (Å²) in [6.07, 6.45) is 5.90. The molecule has 0 atom stereocenters. The fraction of sp³-hybridized carbons (Fsp3) is 0.538. The van der Waals surface area contributed by atoms with Gasteiger partial charge in [-0.05, 0) is 25.0 Å². The van der Waals surface area contributed by atoms with Gasteiger partial charge in [-0.1, -0.05) is 70.0 Å². The summed E-state index contributed by atoms with van der Waals surface area (Å²) in [5, 5.41) is 2.53. The molecule has 1 rings (SSSR count). The van der Waals surface area contributed by atoms with E-state index in [-0.39, 0.29) is 0 Å². The van der Waals surface area contributed by atoms with Crippen LogP contribution in [0.1, 0.15) is 32.1 Å². The summed E-state index contributed by atoms with van der Waals surface area (Å²) in [7, 11) is 0. The first-order valence-electron chi connectivity index (χ1n) is 5.98. The summed E-state index contributed by atoms with van der Waals surface area (Å²) >= 11 is 21.3. The van der Waals surface area contributed by atoms with Gasteiger partial charge < -0.3 is 4.74 Å². The molecule has 0 fully saturated rings. The van der Waals surface area contributed by atoms with Crippen LogP contribution in [0.25, 0.3) is 0 Å². The monoisotopic (exact) mass is 372 g/mol. The second-order valence-electron chi connectivity index (χ2n) is 4.00. The van der Waals surface area contributed by atoms with E-state index < -0.39 is 0 Å². The van der Waals surface area contributed by atoms with Crippen LogP contribution in [-0.4, -0.2) is 11.9 Å². The molecule has 1 aromatic rings.